The lowest BCUT2D eigenvalue weighted by Crippen LogP contribution is -2.35. The van der Waals surface area contributed by atoms with Crippen LogP contribution >= 0.6 is 11.6 Å². The number of carbonyl (C=O) groups excluding carboxylic acids is 1. The molecule has 0 spiro atoms. The van der Waals surface area contributed by atoms with Gasteiger partial charge in [0.25, 0.3) is 5.91 Å². The molecule has 1 rings (SSSR count). The van der Waals surface area contributed by atoms with Crippen LogP contribution in [0, 0.1) is 0 Å². The molecule has 0 aliphatic carbocycles. The molecule has 18 heavy (non-hydrogen) atoms. The van der Waals surface area contributed by atoms with E-state index in [1.54, 1.807) is 24.3 Å². The minimum atomic E-state index is -0.406. The van der Waals surface area contributed by atoms with Crippen LogP contribution in [0.1, 0.15) is 24.2 Å². The Kier molecular flexibility index (Phi) is 6.72. The molecule has 0 unspecified atom stereocenters. The van der Waals surface area contributed by atoms with Crippen LogP contribution in [0.2, 0.25) is 5.02 Å². The quantitative estimate of drug-likeness (QED) is 0.775. The highest BCUT2D eigenvalue weighted by atomic mass is 35.5. The molecule has 1 aromatic carbocycles. The molecular weight excluding hydrogens is 254 g/mol. The van der Waals surface area contributed by atoms with Crippen LogP contribution in [0.4, 0.5) is 0 Å². The number of hydrogen-bond acceptors (Lipinski definition) is 3. The maximum absolute atomic E-state index is 11.8. The summed E-state index contributed by atoms with van der Waals surface area (Å²) in [5, 5.41) is 3.36. The number of rotatable bonds is 7. The lowest BCUT2D eigenvalue weighted by Gasteiger charge is -2.17. The highest BCUT2D eigenvalue weighted by Crippen LogP contribution is 2.09. The van der Waals surface area contributed by atoms with Crippen molar-refractivity contribution in [2.45, 2.75) is 20.1 Å². The van der Waals surface area contributed by atoms with Gasteiger partial charge in [-0.1, -0.05) is 11.6 Å². The monoisotopic (exact) mass is 271 g/mol. The average Bonchev–Trinajstić information content (AvgIpc) is 2.37. The van der Waals surface area contributed by atoms with Gasteiger partial charge in [0.2, 0.25) is 0 Å². The number of benzene rings is 1. The first kappa shape index (κ1) is 15.0. The second-order valence-electron chi connectivity index (χ2n) is 3.56. The molecule has 1 aromatic rings. The van der Waals surface area contributed by atoms with Gasteiger partial charge in [0, 0.05) is 23.8 Å². The molecular formula is C13H18ClNO3. The molecule has 1 amide bonds. The van der Waals surface area contributed by atoms with Gasteiger partial charge in [0.1, 0.15) is 0 Å². The number of nitrogens with one attached hydrogen (secondary N) is 1. The molecule has 0 aliphatic heterocycles. The van der Waals surface area contributed by atoms with E-state index in [0.29, 0.717) is 30.3 Å². The van der Waals surface area contributed by atoms with Gasteiger partial charge in [-0.05, 0) is 38.1 Å². The Morgan fingerprint density at radius 2 is 1.78 bits per heavy atom. The van der Waals surface area contributed by atoms with Gasteiger partial charge in [-0.3, -0.25) is 4.79 Å². The number of amides is 1. The summed E-state index contributed by atoms with van der Waals surface area (Å²) in [7, 11) is 0. The topological polar surface area (TPSA) is 47.6 Å². The summed E-state index contributed by atoms with van der Waals surface area (Å²) in [4.78, 5) is 11.8. The Labute approximate surface area is 112 Å². The van der Waals surface area contributed by atoms with Crippen LogP contribution in [0.25, 0.3) is 0 Å². The number of carbonyl (C=O) groups is 1. The van der Waals surface area contributed by atoms with E-state index in [4.69, 9.17) is 21.1 Å². The summed E-state index contributed by atoms with van der Waals surface area (Å²) in [6, 6.07) is 6.71. The second kappa shape index (κ2) is 8.08. The number of hydrogen-bond donors (Lipinski definition) is 1. The third-order valence-corrected chi connectivity index (χ3v) is 2.49. The zero-order valence-electron chi connectivity index (χ0n) is 10.6. The first-order valence-electron chi connectivity index (χ1n) is 5.94. The third kappa shape index (κ3) is 5.04. The number of halogens is 1. The molecule has 1 N–H and O–H groups in total. The Morgan fingerprint density at radius 3 is 2.28 bits per heavy atom. The Bertz CT molecular complexity index is 361. The van der Waals surface area contributed by atoms with Gasteiger partial charge in [0.15, 0.2) is 6.29 Å². The van der Waals surface area contributed by atoms with Crippen molar-refractivity contribution >= 4 is 17.5 Å². The van der Waals surface area contributed by atoms with Crippen LogP contribution in [0.15, 0.2) is 24.3 Å². The van der Waals surface area contributed by atoms with Crippen LogP contribution in [0.3, 0.4) is 0 Å². The first-order chi connectivity index (χ1) is 8.67. The zero-order valence-corrected chi connectivity index (χ0v) is 11.4. The highest BCUT2D eigenvalue weighted by molar-refractivity contribution is 6.30. The van der Waals surface area contributed by atoms with E-state index in [9.17, 15) is 4.79 Å². The third-order valence-electron chi connectivity index (χ3n) is 2.24. The Morgan fingerprint density at radius 1 is 1.22 bits per heavy atom. The first-order valence-corrected chi connectivity index (χ1v) is 6.32. The second-order valence-corrected chi connectivity index (χ2v) is 3.99. The minimum Gasteiger partial charge on any atom is -0.351 e. The predicted octanol–water partition coefficient (Wildman–Crippen LogP) is 2.47. The van der Waals surface area contributed by atoms with E-state index in [-0.39, 0.29) is 5.91 Å². The van der Waals surface area contributed by atoms with Crippen molar-refractivity contribution in [1.82, 2.24) is 5.32 Å². The molecule has 0 saturated heterocycles. The van der Waals surface area contributed by atoms with E-state index in [0.717, 1.165) is 0 Å². The van der Waals surface area contributed by atoms with E-state index < -0.39 is 6.29 Å². The van der Waals surface area contributed by atoms with Crippen LogP contribution < -0.4 is 5.32 Å². The van der Waals surface area contributed by atoms with E-state index in [1.165, 1.54) is 0 Å². The zero-order chi connectivity index (χ0) is 13.4. The summed E-state index contributed by atoms with van der Waals surface area (Å²) >= 11 is 5.75. The molecule has 5 heteroatoms. The molecule has 0 bridgehead atoms. The molecule has 0 fully saturated rings. The Hall–Kier alpha value is -1.10. The fourth-order valence-corrected chi connectivity index (χ4v) is 1.54. The largest absolute Gasteiger partial charge is 0.351 e. The van der Waals surface area contributed by atoms with Crippen molar-refractivity contribution in [2.75, 3.05) is 19.8 Å². The summed E-state index contributed by atoms with van der Waals surface area (Å²) in [6.45, 7) is 5.17. The van der Waals surface area contributed by atoms with Crippen LogP contribution in [0.5, 0.6) is 0 Å². The summed E-state index contributed by atoms with van der Waals surface area (Å²) in [6.07, 6.45) is -0.406. The van der Waals surface area contributed by atoms with Gasteiger partial charge in [-0.25, -0.2) is 0 Å². The molecule has 0 saturated carbocycles. The SMILES string of the molecule is CCOC(CNC(=O)c1ccc(Cl)cc1)OCC. The Balaban J connectivity index is 2.46. The van der Waals surface area contributed by atoms with Crippen LogP contribution in [-0.2, 0) is 9.47 Å². The van der Waals surface area contributed by atoms with Crippen molar-refractivity contribution in [3.05, 3.63) is 34.9 Å². The molecule has 4 nitrogen and oxygen atoms in total. The van der Waals surface area contributed by atoms with Gasteiger partial charge in [-0.2, -0.15) is 0 Å². The minimum absolute atomic E-state index is 0.170. The molecule has 0 heterocycles. The lowest BCUT2D eigenvalue weighted by molar-refractivity contribution is -0.131. The van der Waals surface area contributed by atoms with Crippen molar-refractivity contribution in [3.63, 3.8) is 0 Å². The highest BCUT2D eigenvalue weighted by Gasteiger charge is 2.11. The smallest absolute Gasteiger partial charge is 0.251 e. The van der Waals surface area contributed by atoms with Crippen molar-refractivity contribution in [3.8, 4) is 0 Å². The van der Waals surface area contributed by atoms with E-state index >= 15 is 0 Å². The van der Waals surface area contributed by atoms with Crippen molar-refractivity contribution in [2.24, 2.45) is 0 Å². The van der Waals surface area contributed by atoms with Gasteiger partial charge >= 0.3 is 0 Å². The molecule has 0 aromatic heterocycles. The van der Waals surface area contributed by atoms with Gasteiger partial charge in [0.05, 0.1) is 6.54 Å². The molecule has 0 atom stereocenters. The van der Waals surface area contributed by atoms with Crippen molar-refractivity contribution in [1.29, 1.82) is 0 Å². The molecule has 0 aliphatic rings. The van der Waals surface area contributed by atoms with Crippen molar-refractivity contribution < 1.29 is 14.3 Å². The number of ether oxygens (including phenoxy) is 2. The summed E-state index contributed by atoms with van der Waals surface area (Å²) < 4.78 is 10.7. The van der Waals surface area contributed by atoms with E-state index in [2.05, 4.69) is 5.32 Å². The fourth-order valence-electron chi connectivity index (χ4n) is 1.42. The maximum Gasteiger partial charge on any atom is 0.251 e. The normalized spacial score (nSPS) is 10.7. The van der Waals surface area contributed by atoms with Crippen LogP contribution in [-0.4, -0.2) is 32.0 Å². The molecule has 100 valence electrons. The maximum atomic E-state index is 11.8. The fraction of sp³-hybridized carbons (Fsp3) is 0.462. The van der Waals surface area contributed by atoms with Gasteiger partial charge < -0.3 is 14.8 Å². The summed E-state index contributed by atoms with van der Waals surface area (Å²) in [5.74, 6) is -0.170. The van der Waals surface area contributed by atoms with E-state index in [1.807, 2.05) is 13.8 Å². The standard InChI is InChI=1S/C13H18ClNO3/c1-3-17-12(18-4-2)9-15-13(16)10-5-7-11(14)8-6-10/h5-8,12H,3-4,9H2,1-2H3,(H,15,16). The lowest BCUT2D eigenvalue weighted by atomic mass is 10.2. The molecule has 0 radical (unpaired) electrons. The summed E-state index contributed by atoms with van der Waals surface area (Å²) in [5.41, 5.74) is 0.561. The predicted molar refractivity (Wildman–Crippen MR) is 70.8 cm³/mol. The van der Waals surface area contributed by atoms with Gasteiger partial charge in [-0.15, -0.1) is 0 Å². The average molecular weight is 272 g/mol.